The quantitative estimate of drug-likeness (QED) is 0.500. The van der Waals surface area contributed by atoms with Gasteiger partial charge in [0.1, 0.15) is 5.69 Å². The Labute approximate surface area is 114 Å². The molecule has 4 heteroatoms. The molecular weight excluding hydrogens is 240 g/mol. The van der Waals surface area contributed by atoms with E-state index in [9.17, 15) is 10.1 Å². The average molecular weight is 262 g/mol. The summed E-state index contributed by atoms with van der Waals surface area (Å²) < 4.78 is 0. The molecule has 1 fully saturated rings. The van der Waals surface area contributed by atoms with Gasteiger partial charge >= 0.3 is 0 Å². The van der Waals surface area contributed by atoms with Crippen LogP contribution in [0.3, 0.4) is 0 Å². The molecular formula is C15H22N2O2. The van der Waals surface area contributed by atoms with Gasteiger partial charge in [-0.05, 0) is 37.2 Å². The van der Waals surface area contributed by atoms with Crippen molar-refractivity contribution in [3.63, 3.8) is 0 Å². The number of anilines is 1. The molecule has 1 unspecified atom stereocenters. The molecule has 1 atom stereocenters. The molecule has 1 aromatic carbocycles. The van der Waals surface area contributed by atoms with E-state index in [2.05, 4.69) is 19.2 Å². The molecule has 104 valence electrons. The van der Waals surface area contributed by atoms with Gasteiger partial charge in [0.15, 0.2) is 0 Å². The van der Waals surface area contributed by atoms with Crippen molar-refractivity contribution in [2.75, 3.05) is 5.32 Å². The van der Waals surface area contributed by atoms with E-state index in [0.29, 0.717) is 17.1 Å². The molecule has 0 aromatic heterocycles. The molecule has 1 saturated carbocycles. The summed E-state index contributed by atoms with van der Waals surface area (Å²) in [5.41, 5.74) is 1.22. The second-order valence-electron chi connectivity index (χ2n) is 6.21. The molecule has 0 aliphatic heterocycles. The minimum absolute atomic E-state index is 0.172. The third-order valence-electron chi connectivity index (χ3n) is 4.04. The number of nitrogens with zero attached hydrogens (tertiary/aromatic N) is 1. The zero-order valence-electron chi connectivity index (χ0n) is 11.7. The Hall–Kier alpha value is -1.58. The molecule has 19 heavy (non-hydrogen) atoms. The van der Waals surface area contributed by atoms with Crippen LogP contribution >= 0.6 is 0 Å². The van der Waals surface area contributed by atoms with Crippen LogP contribution in [0.15, 0.2) is 24.3 Å². The van der Waals surface area contributed by atoms with Crippen LogP contribution in [-0.2, 0) is 0 Å². The minimum Gasteiger partial charge on any atom is -0.377 e. The maximum absolute atomic E-state index is 11.0. The van der Waals surface area contributed by atoms with E-state index in [1.54, 1.807) is 18.2 Å². The summed E-state index contributed by atoms with van der Waals surface area (Å²) in [5, 5.41) is 14.4. The fraction of sp³-hybridized carbons (Fsp3) is 0.600. The predicted molar refractivity (Wildman–Crippen MR) is 77.4 cm³/mol. The second-order valence-corrected chi connectivity index (χ2v) is 6.21. The summed E-state index contributed by atoms with van der Waals surface area (Å²) in [6, 6.07) is 7.26. The summed E-state index contributed by atoms with van der Waals surface area (Å²) in [5.74, 6) is 0. The SMILES string of the molecule is CC1(C)CCCC(Nc2ccccc2[N+](=O)[O-])CC1. The molecule has 0 radical (unpaired) electrons. The van der Waals surface area contributed by atoms with Crippen molar-refractivity contribution in [2.24, 2.45) is 5.41 Å². The van der Waals surface area contributed by atoms with Gasteiger partial charge in [0.25, 0.3) is 5.69 Å². The lowest BCUT2D eigenvalue weighted by atomic mass is 9.85. The van der Waals surface area contributed by atoms with E-state index in [-0.39, 0.29) is 10.6 Å². The molecule has 0 bridgehead atoms. The summed E-state index contributed by atoms with van der Waals surface area (Å²) in [4.78, 5) is 10.7. The van der Waals surface area contributed by atoms with Crippen molar-refractivity contribution < 1.29 is 4.92 Å². The van der Waals surface area contributed by atoms with Crippen molar-refractivity contribution in [3.8, 4) is 0 Å². The molecule has 1 aromatic rings. The highest BCUT2D eigenvalue weighted by molar-refractivity contribution is 5.61. The first-order valence-electron chi connectivity index (χ1n) is 6.98. The van der Waals surface area contributed by atoms with Crippen LogP contribution in [0.1, 0.15) is 46.0 Å². The van der Waals surface area contributed by atoms with Crippen molar-refractivity contribution in [1.29, 1.82) is 0 Å². The molecule has 0 amide bonds. The molecule has 1 aliphatic carbocycles. The summed E-state index contributed by atoms with van der Waals surface area (Å²) in [6.07, 6.45) is 5.77. The van der Waals surface area contributed by atoms with E-state index in [0.717, 1.165) is 12.8 Å². The molecule has 4 nitrogen and oxygen atoms in total. The number of rotatable bonds is 3. The Morgan fingerprint density at radius 3 is 2.74 bits per heavy atom. The van der Waals surface area contributed by atoms with Crippen molar-refractivity contribution >= 4 is 11.4 Å². The summed E-state index contributed by atoms with van der Waals surface area (Å²) in [6.45, 7) is 4.61. The van der Waals surface area contributed by atoms with Crippen LogP contribution in [0.5, 0.6) is 0 Å². The Kier molecular flexibility index (Phi) is 4.08. The highest BCUT2D eigenvalue weighted by atomic mass is 16.6. The lowest BCUT2D eigenvalue weighted by molar-refractivity contribution is -0.384. The maximum atomic E-state index is 11.0. The van der Waals surface area contributed by atoms with Gasteiger partial charge in [0, 0.05) is 12.1 Å². The summed E-state index contributed by atoms with van der Waals surface area (Å²) >= 11 is 0. The zero-order valence-corrected chi connectivity index (χ0v) is 11.7. The molecule has 0 saturated heterocycles. The number of para-hydroxylation sites is 2. The third-order valence-corrected chi connectivity index (χ3v) is 4.04. The lowest BCUT2D eigenvalue weighted by Gasteiger charge is -2.22. The number of benzene rings is 1. The van der Waals surface area contributed by atoms with Gasteiger partial charge < -0.3 is 5.32 Å². The third kappa shape index (κ3) is 3.69. The largest absolute Gasteiger partial charge is 0.377 e. The number of nitrogens with one attached hydrogen (secondary N) is 1. The van der Waals surface area contributed by atoms with E-state index < -0.39 is 0 Å². The van der Waals surface area contributed by atoms with Gasteiger partial charge in [-0.25, -0.2) is 0 Å². The number of hydrogen-bond acceptors (Lipinski definition) is 3. The Bertz CT molecular complexity index is 457. The van der Waals surface area contributed by atoms with Gasteiger partial charge in [0.05, 0.1) is 4.92 Å². The standard InChI is InChI=1S/C15H22N2O2/c1-15(2)10-5-6-12(9-11-15)16-13-7-3-4-8-14(13)17(18)19/h3-4,7-8,12,16H,5-6,9-11H2,1-2H3. The van der Waals surface area contributed by atoms with Gasteiger partial charge in [0.2, 0.25) is 0 Å². The molecule has 0 heterocycles. The Balaban J connectivity index is 2.07. The van der Waals surface area contributed by atoms with E-state index in [1.807, 2.05) is 6.07 Å². The molecule has 0 spiro atoms. The van der Waals surface area contributed by atoms with Crippen molar-refractivity contribution in [1.82, 2.24) is 0 Å². The van der Waals surface area contributed by atoms with Crippen molar-refractivity contribution in [2.45, 2.75) is 52.0 Å². The van der Waals surface area contributed by atoms with Crippen LogP contribution in [0, 0.1) is 15.5 Å². The average Bonchev–Trinajstić information content (AvgIpc) is 2.51. The van der Waals surface area contributed by atoms with Gasteiger partial charge in [-0.3, -0.25) is 10.1 Å². The van der Waals surface area contributed by atoms with E-state index in [4.69, 9.17) is 0 Å². The predicted octanol–water partition coefficient (Wildman–Crippen LogP) is 4.37. The smallest absolute Gasteiger partial charge is 0.292 e. The fourth-order valence-electron chi connectivity index (χ4n) is 2.78. The summed E-state index contributed by atoms with van der Waals surface area (Å²) in [7, 11) is 0. The number of hydrogen-bond donors (Lipinski definition) is 1. The van der Waals surface area contributed by atoms with Crippen LogP contribution in [0.2, 0.25) is 0 Å². The maximum Gasteiger partial charge on any atom is 0.292 e. The van der Waals surface area contributed by atoms with Gasteiger partial charge in [-0.1, -0.05) is 32.4 Å². The first kappa shape index (κ1) is 13.8. The van der Waals surface area contributed by atoms with Gasteiger partial charge in [-0.2, -0.15) is 0 Å². The lowest BCUT2D eigenvalue weighted by Crippen LogP contribution is -2.19. The van der Waals surface area contributed by atoms with E-state index in [1.165, 1.54) is 19.3 Å². The fourth-order valence-corrected chi connectivity index (χ4v) is 2.78. The van der Waals surface area contributed by atoms with Crippen LogP contribution < -0.4 is 5.32 Å². The Morgan fingerprint density at radius 1 is 1.26 bits per heavy atom. The first-order valence-corrected chi connectivity index (χ1v) is 6.98. The monoisotopic (exact) mass is 262 g/mol. The normalized spacial score (nSPS) is 22.5. The van der Waals surface area contributed by atoms with Crippen LogP contribution in [0.4, 0.5) is 11.4 Å². The van der Waals surface area contributed by atoms with Crippen molar-refractivity contribution in [3.05, 3.63) is 34.4 Å². The van der Waals surface area contributed by atoms with E-state index >= 15 is 0 Å². The van der Waals surface area contributed by atoms with Gasteiger partial charge in [-0.15, -0.1) is 0 Å². The molecule has 1 aliphatic rings. The second kappa shape index (κ2) is 5.59. The topological polar surface area (TPSA) is 55.2 Å². The Morgan fingerprint density at radius 2 is 2.00 bits per heavy atom. The van der Waals surface area contributed by atoms with Crippen LogP contribution in [0.25, 0.3) is 0 Å². The first-order chi connectivity index (χ1) is 8.98. The zero-order chi connectivity index (χ0) is 13.9. The minimum atomic E-state index is -0.316. The molecule has 2 rings (SSSR count). The highest BCUT2D eigenvalue weighted by Gasteiger charge is 2.25. The van der Waals surface area contributed by atoms with Crippen LogP contribution in [-0.4, -0.2) is 11.0 Å². The number of nitro groups is 1. The highest BCUT2D eigenvalue weighted by Crippen LogP contribution is 2.35. The number of nitro benzene ring substituents is 1. The molecule has 1 N–H and O–H groups in total.